The van der Waals surface area contributed by atoms with Crippen LogP contribution in [0.2, 0.25) is 0 Å². The Bertz CT molecular complexity index is 269. The molecule has 0 aliphatic heterocycles. The molecule has 0 atom stereocenters. The molecule has 1 aromatic rings. The second kappa shape index (κ2) is 4.54. The van der Waals surface area contributed by atoms with Crippen molar-refractivity contribution in [3.8, 4) is 0 Å². The van der Waals surface area contributed by atoms with Crippen molar-refractivity contribution >= 4 is 5.91 Å². The van der Waals surface area contributed by atoms with Crippen molar-refractivity contribution in [2.24, 2.45) is 0 Å². The Morgan fingerprint density at radius 2 is 2.08 bits per heavy atom. The predicted octanol–water partition coefficient (Wildman–Crippen LogP) is 0.959. The van der Waals surface area contributed by atoms with Gasteiger partial charge in [-0.3, -0.25) is 9.78 Å². The minimum Gasteiger partial charge on any atom is -0.338 e. The Balaban J connectivity index is 2.78. The van der Waals surface area contributed by atoms with Gasteiger partial charge in [-0.2, -0.15) is 0 Å². The fourth-order valence-corrected chi connectivity index (χ4v) is 1.08. The lowest BCUT2D eigenvalue weighted by atomic mass is 10.3. The first kappa shape index (κ1) is 9.64. The molecule has 0 unspecified atom stereocenters. The lowest BCUT2D eigenvalue weighted by Crippen LogP contribution is -2.31. The first-order chi connectivity index (χ1) is 6.29. The van der Waals surface area contributed by atoms with Crippen LogP contribution in [0.5, 0.6) is 0 Å². The molecule has 0 N–H and O–H groups in total. The van der Waals surface area contributed by atoms with Crippen LogP contribution in [0.1, 0.15) is 24.3 Å². The number of aromatic nitrogens is 2. The molecule has 0 fully saturated rings. The van der Waals surface area contributed by atoms with E-state index in [-0.39, 0.29) is 5.91 Å². The van der Waals surface area contributed by atoms with Gasteiger partial charge in [-0.15, -0.1) is 0 Å². The van der Waals surface area contributed by atoms with Crippen LogP contribution >= 0.6 is 0 Å². The highest BCUT2D eigenvalue weighted by Gasteiger charge is 2.12. The van der Waals surface area contributed by atoms with Crippen LogP contribution in [0.4, 0.5) is 0 Å². The maximum absolute atomic E-state index is 11.6. The van der Waals surface area contributed by atoms with E-state index in [1.54, 1.807) is 11.1 Å². The highest BCUT2D eigenvalue weighted by Crippen LogP contribution is 1.98. The zero-order valence-corrected chi connectivity index (χ0v) is 7.90. The third-order valence-corrected chi connectivity index (χ3v) is 1.83. The summed E-state index contributed by atoms with van der Waals surface area (Å²) < 4.78 is 0. The molecule has 1 amide bonds. The summed E-state index contributed by atoms with van der Waals surface area (Å²) in [5.74, 6) is -0.0573. The van der Waals surface area contributed by atoms with Gasteiger partial charge >= 0.3 is 0 Å². The van der Waals surface area contributed by atoms with Gasteiger partial charge in [0, 0.05) is 25.5 Å². The van der Waals surface area contributed by atoms with Gasteiger partial charge in [0.1, 0.15) is 5.69 Å². The SMILES string of the molecule is CCN(CC)C(=O)c1cnccn1. The minimum absolute atomic E-state index is 0.0573. The summed E-state index contributed by atoms with van der Waals surface area (Å²) in [5.41, 5.74) is 0.409. The van der Waals surface area contributed by atoms with Crippen LogP contribution in [0.25, 0.3) is 0 Å². The molecule has 0 aliphatic carbocycles. The van der Waals surface area contributed by atoms with Crippen LogP contribution in [-0.2, 0) is 0 Å². The highest BCUT2D eigenvalue weighted by atomic mass is 16.2. The summed E-state index contributed by atoms with van der Waals surface area (Å²) in [5, 5.41) is 0. The molecule has 0 saturated heterocycles. The topological polar surface area (TPSA) is 46.1 Å². The van der Waals surface area contributed by atoms with Gasteiger partial charge in [0.25, 0.3) is 5.91 Å². The van der Waals surface area contributed by atoms with E-state index in [4.69, 9.17) is 0 Å². The molecule has 4 heteroatoms. The number of hydrogen-bond acceptors (Lipinski definition) is 3. The Morgan fingerprint density at radius 1 is 1.38 bits per heavy atom. The van der Waals surface area contributed by atoms with Gasteiger partial charge in [0.2, 0.25) is 0 Å². The third-order valence-electron chi connectivity index (χ3n) is 1.83. The van der Waals surface area contributed by atoms with E-state index in [9.17, 15) is 4.79 Å². The maximum Gasteiger partial charge on any atom is 0.274 e. The molecule has 0 saturated carbocycles. The van der Waals surface area contributed by atoms with E-state index in [2.05, 4.69) is 9.97 Å². The van der Waals surface area contributed by atoms with Crippen molar-refractivity contribution < 1.29 is 4.79 Å². The van der Waals surface area contributed by atoms with Crippen molar-refractivity contribution in [1.29, 1.82) is 0 Å². The van der Waals surface area contributed by atoms with Crippen molar-refractivity contribution in [2.45, 2.75) is 13.8 Å². The second-order valence-corrected chi connectivity index (χ2v) is 2.57. The molecule has 0 radical (unpaired) electrons. The number of nitrogens with zero attached hydrogens (tertiary/aromatic N) is 3. The lowest BCUT2D eigenvalue weighted by Gasteiger charge is -2.17. The fourth-order valence-electron chi connectivity index (χ4n) is 1.08. The van der Waals surface area contributed by atoms with Gasteiger partial charge in [0.05, 0.1) is 6.20 Å². The number of rotatable bonds is 3. The van der Waals surface area contributed by atoms with Crippen LogP contribution in [-0.4, -0.2) is 33.9 Å². The van der Waals surface area contributed by atoms with Crippen molar-refractivity contribution in [3.05, 3.63) is 24.3 Å². The van der Waals surface area contributed by atoms with Gasteiger partial charge in [-0.05, 0) is 13.8 Å². The zero-order chi connectivity index (χ0) is 9.68. The standard InChI is InChI=1S/C9H13N3O/c1-3-12(4-2)9(13)8-7-10-5-6-11-8/h5-7H,3-4H2,1-2H3. The molecule has 0 aliphatic rings. The van der Waals surface area contributed by atoms with E-state index in [1.165, 1.54) is 12.4 Å². The predicted molar refractivity (Wildman–Crippen MR) is 49.3 cm³/mol. The highest BCUT2D eigenvalue weighted by molar-refractivity contribution is 5.91. The van der Waals surface area contributed by atoms with Crippen molar-refractivity contribution in [3.63, 3.8) is 0 Å². The Labute approximate surface area is 77.6 Å². The van der Waals surface area contributed by atoms with Crippen LogP contribution in [0.15, 0.2) is 18.6 Å². The van der Waals surface area contributed by atoms with Gasteiger partial charge < -0.3 is 4.90 Å². The quantitative estimate of drug-likeness (QED) is 0.694. The van der Waals surface area contributed by atoms with Crippen LogP contribution in [0, 0.1) is 0 Å². The third kappa shape index (κ3) is 2.24. The van der Waals surface area contributed by atoms with E-state index in [0.717, 1.165) is 0 Å². The summed E-state index contributed by atoms with van der Waals surface area (Å²) in [6.07, 6.45) is 4.57. The zero-order valence-electron chi connectivity index (χ0n) is 7.90. The van der Waals surface area contributed by atoms with Crippen molar-refractivity contribution in [2.75, 3.05) is 13.1 Å². The lowest BCUT2D eigenvalue weighted by molar-refractivity contribution is 0.0766. The number of carbonyl (C=O) groups excluding carboxylic acids is 1. The molecule has 0 aromatic carbocycles. The first-order valence-corrected chi connectivity index (χ1v) is 4.34. The average molecular weight is 179 g/mol. The summed E-state index contributed by atoms with van der Waals surface area (Å²) >= 11 is 0. The van der Waals surface area contributed by atoms with E-state index >= 15 is 0 Å². The molecule has 1 heterocycles. The Hall–Kier alpha value is -1.45. The van der Waals surface area contributed by atoms with E-state index < -0.39 is 0 Å². The van der Waals surface area contributed by atoms with E-state index in [0.29, 0.717) is 18.8 Å². The summed E-state index contributed by atoms with van der Waals surface area (Å²) in [6, 6.07) is 0. The summed E-state index contributed by atoms with van der Waals surface area (Å²) in [7, 11) is 0. The maximum atomic E-state index is 11.6. The normalized spacial score (nSPS) is 9.69. The molecule has 0 bridgehead atoms. The molecule has 13 heavy (non-hydrogen) atoms. The smallest absolute Gasteiger partial charge is 0.274 e. The van der Waals surface area contributed by atoms with Crippen LogP contribution < -0.4 is 0 Å². The molecule has 70 valence electrons. The summed E-state index contributed by atoms with van der Waals surface area (Å²) in [6.45, 7) is 5.29. The molecular formula is C9H13N3O. The minimum atomic E-state index is -0.0573. The Kier molecular flexibility index (Phi) is 3.37. The average Bonchev–Trinajstić information content (AvgIpc) is 2.21. The monoisotopic (exact) mass is 179 g/mol. The number of hydrogen-bond donors (Lipinski definition) is 0. The molecule has 4 nitrogen and oxygen atoms in total. The van der Waals surface area contributed by atoms with E-state index in [1.807, 2.05) is 13.8 Å². The second-order valence-electron chi connectivity index (χ2n) is 2.57. The Morgan fingerprint density at radius 3 is 2.54 bits per heavy atom. The molecule has 1 rings (SSSR count). The van der Waals surface area contributed by atoms with Gasteiger partial charge in [-0.25, -0.2) is 4.98 Å². The van der Waals surface area contributed by atoms with Gasteiger partial charge in [0.15, 0.2) is 0 Å². The molecule has 0 spiro atoms. The molecular weight excluding hydrogens is 166 g/mol. The molecule has 1 aromatic heterocycles. The summed E-state index contributed by atoms with van der Waals surface area (Å²) in [4.78, 5) is 21.1. The number of amides is 1. The first-order valence-electron chi connectivity index (χ1n) is 4.34. The fraction of sp³-hybridized carbons (Fsp3) is 0.444. The van der Waals surface area contributed by atoms with Crippen molar-refractivity contribution in [1.82, 2.24) is 14.9 Å². The number of carbonyl (C=O) groups is 1. The largest absolute Gasteiger partial charge is 0.338 e. The van der Waals surface area contributed by atoms with Gasteiger partial charge in [-0.1, -0.05) is 0 Å². The van der Waals surface area contributed by atoms with Crippen LogP contribution in [0.3, 0.4) is 0 Å².